The van der Waals surface area contributed by atoms with Gasteiger partial charge < -0.3 is 10.2 Å². The van der Waals surface area contributed by atoms with Crippen LogP contribution in [0.25, 0.3) is 0 Å². The zero-order valence-corrected chi connectivity index (χ0v) is 11.4. The van der Waals surface area contributed by atoms with E-state index in [0.717, 1.165) is 11.3 Å². The fraction of sp³-hybridized carbons (Fsp3) is 0.500. The monoisotopic (exact) mass is 249 g/mol. The summed E-state index contributed by atoms with van der Waals surface area (Å²) in [7, 11) is 3.77. The van der Waals surface area contributed by atoms with Gasteiger partial charge in [-0.1, -0.05) is 0 Å². The first-order valence-electron chi connectivity index (χ1n) is 6.07. The molecular weight excluding hydrogens is 229 g/mol. The summed E-state index contributed by atoms with van der Waals surface area (Å²) in [4.78, 5) is 2.00. The van der Waals surface area contributed by atoms with E-state index in [4.69, 9.17) is 5.26 Å². The summed E-state index contributed by atoms with van der Waals surface area (Å²) in [6.45, 7) is 4.49. The maximum atomic E-state index is 13.3. The van der Waals surface area contributed by atoms with E-state index >= 15 is 0 Å². The molecule has 0 heterocycles. The minimum atomic E-state index is -0.238. The fourth-order valence-corrected chi connectivity index (χ4v) is 1.93. The molecule has 0 radical (unpaired) electrons. The Morgan fingerprint density at radius 3 is 2.67 bits per heavy atom. The minimum Gasteiger partial charge on any atom is -0.373 e. The van der Waals surface area contributed by atoms with Crippen molar-refractivity contribution in [2.45, 2.75) is 19.9 Å². The van der Waals surface area contributed by atoms with Gasteiger partial charge in [0.2, 0.25) is 0 Å². The molecule has 1 N–H and O–H groups in total. The van der Waals surface area contributed by atoms with Crippen LogP contribution in [-0.4, -0.2) is 20.6 Å². The predicted molar refractivity (Wildman–Crippen MR) is 71.9 cm³/mol. The topological polar surface area (TPSA) is 39.1 Å². The van der Waals surface area contributed by atoms with Crippen LogP contribution in [0.3, 0.4) is 0 Å². The van der Waals surface area contributed by atoms with Crippen LogP contribution in [0.4, 0.5) is 10.1 Å². The van der Waals surface area contributed by atoms with Crippen LogP contribution in [0.1, 0.15) is 25.5 Å². The first-order chi connectivity index (χ1) is 8.49. The molecule has 0 aromatic heterocycles. The van der Waals surface area contributed by atoms with E-state index in [-0.39, 0.29) is 17.8 Å². The molecule has 0 aliphatic carbocycles. The van der Waals surface area contributed by atoms with Gasteiger partial charge in [0.15, 0.2) is 0 Å². The Balaban J connectivity index is 3.04. The molecule has 0 aliphatic rings. The van der Waals surface area contributed by atoms with Crippen LogP contribution in [0.15, 0.2) is 18.2 Å². The number of rotatable bonds is 5. The quantitative estimate of drug-likeness (QED) is 0.872. The second kappa shape index (κ2) is 6.36. The summed E-state index contributed by atoms with van der Waals surface area (Å²) < 4.78 is 13.3. The van der Waals surface area contributed by atoms with Crippen molar-refractivity contribution in [3.8, 4) is 6.07 Å². The molecule has 2 atom stereocenters. The van der Waals surface area contributed by atoms with Crippen molar-refractivity contribution >= 4 is 5.69 Å². The van der Waals surface area contributed by atoms with Gasteiger partial charge in [-0.15, -0.1) is 0 Å². The third kappa shape index (κ3) is 3.44. The highest BCUT2D eigenvalue weighted by Gasteiger charge is 2.15. The Kier molecular flexibility index (Phi) is 5.11. The molecule has 18 heavy (non-hydrogen) atoms. The smallest absolute Gasteiger partial charge is 0.123 e. The van der Waals surface area contributed by atoms with Crippen LogP contribution >= 0.6 is 0 Å². The first kappa shape index (κ1) is 14.5. The van der Waals surface area contributed by atoms with Crippen molar-refractivity contribution in [3.05, 3.63) is 29.6 Å². The summed E-state index contributed by atoms with van der Waals surface area (Å²) in [5.41, 5.74) is 1.87. The molecule has 0 amide bonds. The highest BCUT2D eigenvalue weighted by atomic mass is 19.1. The van der Waals surface area contributed by atoms with Gasteiger partial charge in [0.1, 0.15) is 5.82 Å². The number of nitrogens with zero attached hydrogens (tertiary/aromatic N) is 2. The minimum absolute atomic E-state index is 0.0576. The van der Waals surface area contributed by atoms with Crippen LogP contribution in [0, 0.1) is 23.1 Å². The molecule has 2 unspecified atom stereocenters. The zero-order chi connectivity index (χ0) is 13.7. The predicted octanol–water partition coefficient (Wildman–Crippen LogP) is 2.70. The van der Waals surface area contributed by atoms with Crippen molar-refractivity contribution in [1.82, 2.24) is 5.32 Å². The second-order valence-corrected chi connectivity index (χ2v) is 4.62. The standard InChI is InChI=1S/C14H20FN3/c1-10(8-16)9-18(4)14-6-5-12(15)7-13(14)11(2)17-3/h5-7,10-11,17H,9H2,1-4H3. The van der Waals surface area contributed by atoms with Gasteiger partial charge in [0.05, 0.1) is 12.0 Å². The van der Waals surface area contributed by atoms with Crippen LogP contribution in [0.2, 0.25) is 0 Å². The molecule has 98 valence electrons. The van der Waals surface area contributed by atoms with Crippen molar-refractivity contribution in [3.63, 3.8) is 0 Å². The second-order valence-electron chi connectivity index (χ2n) is 4.62. The lowest BCUT2D eigenvalue weighted by molar-refractivity contribution is 0.605. The lowest BCUT2D eigenvalue weighted by Gasteiger charge is -2.26. The van der Waals surface area contributed by atoms with Gasteiger partial charge in [-0.3, -0.25) is 0 Å². The Labute approximate surface area is 108 Å². The first-order valence-corrected chi connectivity index (χ1v) is 6.07. The van der Waals surface area contributed by atoms with E-state index in [1.165, 1.54) is 6.07 Å². The van der Waals surface area contributed by atoms with Crippen molar-refractivity contribution in [2.75, 3.05) is 25.5 Å². The van der Waals surface area contributed by atoms with E-state index in [0.29, 0.717) is 6.54 Å². The highest BCUT2D eigenvalue weighted by Crippen LogP contribution is 2.26. The Bertz CT molecular complexity index is 439. The third-order valence-corrected chi connectivity index (χ3v) is 3.07. The molecule has 0 spiro atoms. The third-order valence-electron chi connectivity index (χ3n) is 3.07. The molecule has 0 saturated carbocycles. The average molecular weight is 249 g/mol. The summed E-state index contributed by atoms with van der Waals surface area (Å²) >= 11 is 0. The van der Waals surface area contributed by atoms with Gasteiger partial charge in [0, 0.05) is 25.3 Å². The summed E-state index contributed by atoms with van der Waals surface area (Å²) in [5.74, 6) is -0.296. The number of halogens is 1. The van der Waals surface area contributed by atoms with E-state index < -0.39 is 0 Å². The van der Waals surface area contributed by atoms with E-state index in [1.54, 1.807) is 12.1 Å². The Hall–Kier alpha value is -1.60. The Morgan fingerprint density at radius 2 is 2.11 bits per heavy atom. The maximum absolute atomic E-state index is 13.3. The van der Waals surface area contributed by atoms with Gasteiger partial charge in [-0.25, -0.2) is 4.39 Å². The van der Waals surface area contributed by atoms with Gasteiger partial charge in [0.25, 0.3) is 0 Å². The number of nitrogens with one attached hydrogen (secondary N) is 1. The number of anilines is 1. The molecule has 1 aromatic rings. The molecule has 3 nitrogen and oxygen atoms in total. The lowest BCUT2D eigenvalue weighted by atomic mass is 10.0. The number of benzene rings is 1. The normalized spacial score (nSPS) is 13.8. The average Bonchev–Trinajstić information content (AvgIpc) is 2.37. The van der Waals surface area contributed by atoms with Crippen LogP contribution in [0.5, 0.6) is 0 Å². The molecule has 0 bridgehead atoms. The van der Waals surface area contributed by atoms with Crippen molar-refractivity contribution in [1.29, 1.82) is 5.26 Å². The van der Waals surface area contributed by atoms with Crippen LogP contribution < -0.4 is 10.2 Å². The summed E-state index contributed by atoms with van der Waals surface area (Å²) in [6.07, 6.45) is 0. The largest absolute Gasteiger partial charge is 0.373 e. The van der Waals surface area contributed by atoms with Crippen LogP contribution in [-0.2, 0) is 0 Å². The SMILES string of the molecule is CNC(C)c1cc(F)ccc1N(C)CC(C)C#N. The molecule has 0 fully saturated rings. The van der Waals surface area contributed by atoms with E-state index in [1.807, 2.05) is 32.8 Å². The van der Waals surface area contributed by atoms with E-state index in [2.05, 4.69) is 11.4 Å². The summed E-state index contributed by atoms with van der Waals surface area (Å²) in [6, 6.07) is 7.04. The van der Waals surface area contributed by atoms with Gasteiger partial charge in [-0.05, 0) is 44.7 Å². The number of hydrogen-bond acceptors (Lipinski definition) is 3. The maximum Gasteiger partial charge on any atom is 0.123 e. The van der Waals surface area contributed by atoms with Gasteiger partial charge >= 0.3 is 0 Å². The molecule has 1 aromatic carbocycles. The zero-order valence-electron chi connectivity index (χ0n) is 11.4. The van der Waals surface area contributed by atoms with Crippen molar-refractivity contribution < 1.29 is 4.39 Å². The highest BCUT2D eigenvalue weighted by molar-refractivity contribution is 5.54. The molecule has 0 aliphatic heterocycles. The van der Waals surface area contributed by atoms with E-state index in [9.17, 15) is 4.39 Å². The number of hydrogen-bond donors (Lipinski definition) is 1. The molecule has 4 heteroatoms. The number of nitriles is 1. The lowest BCUT2D eigenvalue weighted by Crippen LogP contribution is -2.26. The Morgan fingerprint density at radius 1 is 1.44 bits per heavy atom. The van der Waals surface area contributed by atoms with Gasteiger partial charge in [-0.2, -0.15) is 5.26 Å². The fourth-order valence-electron chi connectivity index (χ4n) is 1.93. The molecular formula is C14H20FN3. The summed E-state index contributed by atoms with van der Waals surface area (Å²) in [5, 5.41) is 12.0. The molecule has 1 rings (SSSR count). The molecule has 0 saturated heterocycles. The van der Waals surface area contributed by atoms with Crippen molar-refractivity contribution in [2.24, 2.45) is 5.92 Å².